The zero-order valence-corrected chi connectivity index (χ0v) is 19.9. The van der Waals surface area contributed by atoms with Crippen molar-refractivity contribution in [2.24, 2.45) is 5.41 Å². The van der Waals surface area contributed by atoms with E-state index >= 15 is 0 Å². The number of phenols is 3. The van der Waals surface area contributed by atoms with Gasteiger partial charge in [0.05, 0.1) is 0 Å². The van der Waals surface area contributed by atoms with Crippen LogP contribution in [0.5, 0.6) is 17.2 Å². The van der Waals surface area contributed by atoms with Crippen molar-refractivity contribution in [3.63, 3.8) is 0 Å². The van der Waals surface area contributed by atoms with Crippen LogP contribution in [0.4, 0.5) is 0 Å². The van der Waals surface area contributed by atoms with Crippen LogP contribution in [0.25, 0.3) is 0 Å². The number of hydrogen-bond donors (Lipinski definition) is 4. The molecule has 1 aliphatic carbocycles. The molecule has 0 bridgehead atoms. The molecule has 0 spiro atoms. The van der Waals surface area contributed by atoms with Gasteiger partial charge in [-0.1, -0.05) is 58.7 Å². The molecule has 1 amide bonds. The maximum atomic E-state index is 12.6. The van der Waals surface area contributed by atoms with Crippen LogP contribution in [0.15, 0.2) is 18.2 Å². The normalized spacial score (nSPS) is 17.9. The van der Waals surface area contributed by atoms with Gasteiger partial charge in [-0.05, 0) is 48.6 Å². The second kappa shape index (κ2) is 7.18. The number of carbonyl (C=O) groups excluding carboxylic acids is 1. The zero-order valence-electron chi connectivity index (χ0n) is 19.9. The van der Waals surface area contributed by atoms with Gasteiger partial charge in [0.25, 0.3) is 5.91 Å². The summed E-state index contributed by atoms with van der Waals surface area (Å²) in [6.45, 7) is 16.5. The van der Waals surface area contributed by atoms with Crippen molar-refractivity contribution in [3.05, 3.63) is 51.6 Å². The molecule has 0 radical (unpaired) electrons. The maximum absolute atomic E-state index is 12.6. The molecule has 0 atom stereocenters. The van der Waals surface area contributed by atoms with Gasteiger partial charge in [0.15, 0.2) is 11.5 Å². The first-order valence-corrected chi connectivity index (χ1v) is 10.8. The molecule has 0 unspecified atom stereocenters. The molecule has 3 rings (SSSR count). The lowest BCUT2D eigenvalue weighted by atomic mass is 9.59. The van der Waals surface area contributed by atoms with E-state index in [1.165, 1.54) is 0 Å². The Hall–Kier alpha value is -2.69. The third-order valence-corrected chi connectivity index (χ3v) is 8.04. The van der Waals surface area contributed by atoms with Crippen molar-refractivity contribution in [1.82, 2.24) is 5.32 Å². The summed E-state index contributed by atoms with van der Waals surface area (Å²) in [6.07, 6.45) is 0.200. The minimum absolute atomic E-state index is 0.00889. The minimum atomic E-state index is -0.458. The molecule has 0 saturated heterocycles. The van der Waals surface area contributed by atoms with Gasteiger partial charge in [0.1, 0.15) is 5.75 Å². The van der Waals surface area contributed by atoms with E-state index in [9.17, 15) is 20.1 Å². The molecular weight excluding hydrogens is 390 g/mol. The molecule has 5 heteroatoms. The number of aryl methyl sites for hydroxylation is 2. The van der Waals surface area contributed by atoms with Crippen LogP contribution in [-0.4, -0.2) is 27.8 Å². The Morgan fingerprint density at radius 1 is 0.806 bits per heavy atom. The van der Waals surface area contributed by atoms with Gasteiger partial charge in [-0.25, -0.2) is 0 Å². The second-order valence-electron chi connectivity index (χ2n) is 10.5. The molecule has 2 aromatic carbocycles. The lowest BCUT2D eigenvalue weighted by molar-refractivity contribution is 0.0953. The van der Waals surface area contributed by atoms with Crippen LogP contribution in [0.1, 0.15) is 79.7 Å². The van der Waals surface area contributed by atoms with Crippen LogP contribution in [0.2, 0.25) is 0 Å². The monoisotopic (exact) mass is 425 g/mol. The van der Waals surface area contributed by atoms with Gasteiger partial charge in [0, 0.05) is 28.8 Å². The van der Waals surface area contributed by atoms with Gasteiger partial charge in [-0.2, -0.15) is 0 Å². The quantitative estimate of drug-likeness (QED) is 0.410. The molecule has 2 aromatic rings. The molecule has 4 N–H and O–H groups in total. The van der Waals surface area contributed by atoms with Gasteiger partial charge in [-0.3, -0.25) is 4.79 Å². The number of carbonyl (C=O) groups is 1. The van der Waals surface area contributed by atoms with Crippen LogP contribution >= 0.6 is 0 Å². The summed E-state index contributed by atoms with van der Waals surface area (Å²) in [5.41, 5.74) is 2.96. The summed E-state index contributed by atoms with van der Waals surface area (Å²) in [5, 5.41) is 35.7. The Morgan fingerprint density at radius 3 is 1.81 bits per heavy atom. The summed E-state index contributed by atoms with van der Waals surface area (Å²) in [6, 6.07) is 5.65. The summed E-state index contributed by atoms with van der Waals surface area (Å²) in [4.78, 5) is 12.6. The van der Waals surface area contributed by atoms with E-state index in [2.05, 4.69) is 33.0 Å². The number of aromatic hydroxyl groups is 3. The molecule has 0 aliphatic heterocycles. The van der Waals surface area contributed by atoms with Gasteiger partial charge in [-0.15, -0.1) is 0 Å². The predicted octanol–water partition coefficient (Wildman–Crippen LogP) is 4.99. The minimum Gasteiger partial charge on any atom is -0.507 e. The largest absolute Gasteiger partial charge is 0.507 e. The Morgan fingerprint density at radius 2 is 1.29 bits per heavy atom. The van der Waals surface area contributed by atoms with Crippen molar-refractivity contribution < 1.29 is 20.1 Å². The molecular formula is C26H35NO4. The van der Waals surface area contributed by atoms with Crippen molar-refractivity contribution >= 4 is 5.91 Å². The fraction of sp³-hybridized carbons (Fsp3) is 0.500. The fourth-order valence-electron chi connectivity index (χ4n) is 5.13. The van der Waals surface area contributed by atoms with E-state index in [0.717, 1.165) is 11.1 Å². The highest BCUT2D eigenvalue weighted by Crippen LogP contribution is 2.67. The Labute approximate surface area is 185 Å². The smallest absolute Gasteiger partial charge is 0.251 e. The summed E-state index contributed by atoms with van der Waals surface area (Å²) >= 11 is 0. The lowest BCUT2D eigenvalue weighted by Crippen LogP contribution is -2.42. The van der Waals surface area contributed by atoms with Crippen LogP contribution in [0.3, 0.4) is 0 Å². The first kappa shape index (κ1) is 23.0. The van der Waals surface area contributed by atoms with E-state index in [1.807, 2.05) is 45.9 Å². The van der Waals surface area contributed by atoms with Crippen LogP contribution < -0.4 is 5.32 Å². The van der Waals surface area contributed by atoms with E-state index in [0.29, 0.717) is 16.7 Å². The molecule has 0 saturated carbocycles. The molecule has 168 valence electrons. The van der Waals surface area contributed by atoms with Gasteiger partial charge >= 0.3 is 0 Å². The summed E-state index contributed by atoms with van der Waals surface area (Å²) in [7, 11) is 0. The van der Waals surface area contributed by atoms with Crippen LogP contribution in [0, 0.1) is 19.3 Å². The van der Waals surface area contributed by atoms with Gasteiger partial charge in [0.2, 0.25) is 0 Å². The van der Waals surface area contributed by atoms with Crippen LogP contribution in [-0.2, 0) is 17.3 Å². The number of benzene rings is 2. The average Bonchev–Trinajstić information content (AvgIpc) is 2.75. The molecule has 5 nitrogen and oxygen atoms in total. The van der Waals surface area contributed by atoms with Gasteiger partial charge < -0.3 is 20.6 Å². The van der Waals surface area contributed by atoms with E-state index in [4.69, 9.17) is 0 Å². The molecule has 0 aromatic heterocycles. The Balaban J connectivity index is 1.93. The number of phenolic OH excluding ortho intramolecular Hbond substituents is 3. The SMILES string of the molecule is Cc1cc(C)cc(C(=O)NCCc2c(O)c(O)c3c(c2O)C(C)(C)C(C)(C)C3(C)C)c1. The first-order valence-electron chi connectivity index (χ1n) is 10.8. The molecule has 1 aliphatic rings. The highest BCUT2D eigenvalue weighted by Gasteiger charge is 2.60. The molecule has 0 heterocycles. The lowest BCUT2D eigenvalue weighted by Gasteiger charge is -2.44. The number of rotatable bonds is 4. The highest BCUT2D eigenvalue weighted by molar-refractivity contribution is 5.94. The second-order valence-corrected chi connectivity index (χ2v) is 10.5. The third-order valence-electron chi connectivity index (χ3n) is 8.04. The predicted molar refractivity (Wildman–Crippen MR) is 123 cm³/mol. The molecule has 0 fully saturated rings. The first-order chi connectivity index (χ1) is 14.1. The number of fused-ring (bicyclic) bond motifs is 1. The van der Waals surface area contributed by atoms with Crippen molar-refractivity contribution in [3.8, 4) is 17.2 Å². The number of hydrogen-bond acceptors (Lipinski definition) is 4. The van der Waals surface area contributed by atoms with Crippen molar-refractivity contribution in [2.45, 2.75) is 72.6 Å². The topological polar surface area (TPSA) is 89.8 Å². The van der Waals surface area contributed by atoms with Crippen molar-refractivity contribution in [2.75, 3.05) is 6.54 Å². The van der Waals surface area contributed by atoms with E-state index in [1.54, 1.807) is 0 Å². The number of amides is 1. The molecule has 31 heavy (non-hydrogen) atoms. The fourth-order valence-corrected chi connectivity index (χ4v) is 5.13. The number of nitrogens with one attached hydrogen (secondary N) is 1. The zero-order chi connectivity index (χ0) is 23.5. The maximum Gasteiger partial charge on any atom is 0.251 e. The van der Waals surface area contributed by atoms with Crippen molar-refractivity contribution in [1.29, 1.82) is 0 Å². The average molecular weight is 426 g/mol. The summed E-state index contributed by atoms with van der Waals surface area (Å²) in [5.74, 6) is -0.682. The third kappa shape index (κ3) is 3.26. The Kier molecular flexibility index (Phi) is 5.32. The Bertz CT molecular complexity index is 1040. The standard InChI is InChI=1S/C26H35NO4/c1-14-11-15(2)13-16(12-14)23(31)27-10-9-17-20(28)18-19(22(30)21(17)29)25(5,6)26(7,8)24(18,3)4/h11-13,28-30H,9-10H2,1-8H3,(H,27,31). The highest BCUT2D eigenvalue weighted by atomic mass is 16.3. The van der Waals surface area contributed by atoms with E-state index in [-0.39, 0.29) is 47.1 Å². The summed E-state index contributed by atoms with van der Waals surface area (Å²) < 4.78 is 0. The van der Waals surface area contributed by atoms with E-state index < -0.39 is 10.8 Å².